The number of hydrogen-bond acceptors (Lipinski definition) is 3. The summed E-state index contributed by atoms with van der Waals surface area (Å²) in [5, 5.41) is 21.5. The number of nitrogens with one attached hydrogen (secondary N) is 1. The highest BCUT2D eigenvalue weighted by Crippen LogP contribution is 2.44. The van der Waals surface area contributed by atoms with Crippen LogP contribution in [0, 0.1) is 40.9 Å². The van der Waals surface area contributed by atoms with Crippen LogP contribution in [0.3, 0.4) is 0 Å². The van der Waals surface area contributed by atoms with Crippen molar-refractivity contribution in [2.75, 3.05) is 6.54 Å². The zero-order valence-corrected chi connectivity index (χ0v) is 13.3. The van der Waals surface area contributed by atoms with E-state index in [0.29, 0.717) is 17.8 Å². The number of carboxylic acid groups (broad SMARTS) is 1. The smallest absolute Gasteiger partial charge is 0.320 e. The van der Waals surface area contributed by atoms with Crippen molar-refractivity contribution in [1.29, 1.82) is 5.26 Å². The van der Waals surface area contributed by atoms with Gasteiger partial charge < -0.3 is 10.4 Å². The lowest BCUT2D eigenvalue weighted by Gasteiger charge is -2.39. The highest BCUT2D eigenvalue weighted by atomic mass is 16.4. The molecule has 0 bridgehead atoms. The van der Waals surface area contributed by atoms with Gasteiger partial charge in [0.2, 0.25) is 0 Å². The Morgan fingerprint density at radius 1 is 0.909 bits per heavy atom. The topological polar surface area (TPSA) is 73.1 Å². The normalized spacial score (nSPS) is 42.7. The standard InChI is InChI=1S/C18H28N2O2/c19-11-12-1-3-13(4-2-12)14-5-7-15(8-6-14)16-9-10-20-17(16)18(21)22/h12-17,20H,1-10H2,(H,21,22)/t12?,13?,14?,15?,16?,17-/m0/s1. The van der Waals surface area contributed by atoms with Gasteiger partial charge in [-0.3, -0.25) is 4.79 Å². The molecule has 0 aromatic carbocycles. The Morgan fingerprint density at radius 3 is 2.00 bits per heavy atom. The van der Waals surface area contributed by atoms with Crippen molar-refractivity contribution in [3.8, 4) is 6.07 Å². The fourth-order valence-corrected chi connectivity index (χ4v) is 5.27. The Morgan fingerprint density at radius 2 is 1.45 bits per heavy atom. The largest absolute Gasteiger partial charge is 0.480 e. The lowest BCUT2D eigenvalue weighted by Crippen LogP contribution is -2.39. The molecule has 2 saturated carbocycles. The number of carbonyl (C=O) groups is 1. The molecule has 3 rings (SSSR count). The van der Waals surface area contributed by atoms with Gasteiger partial charge in [-0.15, -0.1) is 0 Å². The van der Waals surface area contributed by atoms with Crippen molar-refractivity contribution in [3.63, 3.8) is 0 Å². The zero-order valence-electron chi connectivity index (χ0n) is 13.3. The lowest BCUT2D eigenvalue weighted by atomic mass is 9.66. The van der Waals surface area contributed by atoms with Crippen LogP contribution in [0.5, 0.6) is 0 Å². The Bertz CT molecular complexity index is 429. The highest BCUT2D eigenvalue weighted by Gasteiger charge is 2.40. The second kappa shape index (κ2) is 7.00. The SMILES string of the molecule is N#CC1CCC(C2CCC(C3CCN[C@@H]3C(=O)O)CC2)CC1. The molecule has 2 atom stereocenters. The zero-order chi connectivity index (χ0) is 15.5. The van der Waals surface area contributed by atoms with Gasteiger partial charge in [-0.05, 0) is 88.0 Å². The summed E-state index contributed by atoms with van der Waals surface area (Å²) in [4.78, 5) is 11.3. The van der Waals surface area contributed by atoms with Crippen molar-refractivity contribution < 1.29 is 9.90 Å². The summed E-state index contributed by atoms with van der Waals surface area (Å²) in [5.41, 5.74) is 0. The van der Waals surface area contributed by atoms with Gasteiger partial charge in [0.1, 0.15) is 6.04 Å². The van der Waals surface area contributed by atoms with Crippen molar-refractivity contribution in [2.24, 2.45) is 29.6 Å². The molecule has 0 amide bonds. The van der Waals surface area contributed by atoms with Crippen LogP contribution in [0.1, 0.15) is 57.8 Å². The lowest BCUT2D eigenvalue weighted by molar-refractivity contribution is -0.140. The van der Waals surface area contributed by atoms with Crippen LogP contribution in [0.4, 0.5) is 0 Å². The van der Waals surface area contributed by atoms with Gasteiger partial charge in [-0.2, -0.15) is 5.26 Å². The Kier molecular flexibility index (Phi) is 5.03. The molecule has 0 spiro atoms. The van der Waals surface area contributed by atoms with Gasteiger partial charge in [0.05, 0.1) is 6.07 Å². The van der Waals surface area contributed by atoms with E-state index in [1.165, 1.54) is 38.5 Å². The van der Waals surface area contributed by atoms with E-state index in [0.717, 1.165) is 37.6 Å². The molecule has 3 fully saturated rings. The number of hydrogen-bond donors (Lipinski definition) is 2. The van der Waals surface area contributed by atoms with Crippen molar-refractivity contribution in [3.05, 3.63) is 0 Å². The molecule has 1 aliphatic heterocycles. The fourth-order valence-electron chi connectivity index (χ4n) is 5.27. The molecule has 3 aliphatic rings. The minimum Gasteiger partial charge on any atom is -0.480 e. The number of aliphatic carboxylic acids is 1. The van der Waals surface area contributed by atoms with Gasteiger partial charge in [0.25, 0.3) is 0 Å². The predicted octanol–water partition coefficient (Wildman–Crippen LogP) is 3.19. The Hall–Kier alpha value is -1.08. The summed E-state index contributed by atoms with van der Waals surface area (Å²) in [6.45, 7) is 0.861. The van der Waals surface area contributed by atoms with Gasteiger partial charge in [0.15, 0.2) is 0 Å². The van der Waals surface area contributed by atoms with E-state index in [1.807, 2.05) is 0 Å². The van der Waals surface area contributed by atoms with Gasteiger partial charge in [0, 0.05) is 5.92 Å². The highest BCUT2D eigenvalue weighted by molar-refractivity contribution is 5.74. The summed E-state index contributed by atoms with van der Waals surface area (Å²) in [6.07, 6.45) is 10.6. The molecular formula is C18H28N2O2. The van der Waals surface area contributed by atoms with E-state index < -0.39 is 5.97 Å². The third-order valence-electron chi connectivity index (χ3n) is 6.58. The molecule has 4 heteroatoms. The second-order valence-corrected chi connectivity index (χ2v) is 7.64. The first kappa shape index (κ1) is 15.8. The second-order valence-electron chi connectivity index (χ2n) is 7.64. The molecule has 2 N–H and O–H groups in total. The summed E-state index contributed by atoms with van der Waals surface area (Å²) in [6, 6.07) is 2.11. The first-order valence-electron chi connectivity index (χ1n) is 9.05. The number of nitriles is 1. The summed E-state index contributed by atoms with van der Waals surface area (Å²) < 4.78 is 0. The Balaban J connectivity index is 1.49. The quantitative estimate of drug-likeness (QED) is 0.840. The molecule has 0 aromatic heterocycles. The molecule has 0 radical (unpaired) electrons. The minimum absolute atomic E-state index is 0.300. The summed E-state index contributed by atoms with van der Waals surface area (Å²) >= 11 is 0. The first-order valence-corrected chi connectivity index (χ1v) is 9.05. The summed E-state index contributed by atoms with van der Waals surface area (Å²) in [7, 11) is 0. The molecule has 0 aromatic rings. The maximum absolute atomic E-state index is 11.3. The molecular weight excluding hydrogens is 276 g/mol. The van der Waals surface area contributed by atoms with E-state index >= 15 is 0 Å². The third kappa shape index (κ3) is 3.30. The van der Waals surface area contributed by atoms with Gasteiger partial charge in [-0.25, -0.2) is 0 Å². The van der Waals surface area contributed by atoms with E-state index in [1.54, 1.807) is 0 Å². The van der Waals surface area contributed by atoms with Gasteiger partial charge >= 0.3 is 5.97 Å². The van der Waals surface area contributed by atoms with E-state index in [-0.39, 0.29) is 6.04 Å². The van der Waals surface area contributed by atoms with Crippen LogP contribution < -0.4 is 5.32 Å². The Labute approximate surface area is 133 Å². The van der Waals surface area contributed by atoms with Crippen LogP contribution >= 0.6 is 0 Å². The van der Waals surface area contributed by atoms with Crippen molar-refractivity contribution in [2.45, 2.75) is 63.8 Å². The number of rotatable bonds is 3. The maximum atomic E-state index is 11.3. The predicted molar refractivity (Wildman–Crippen MR) is 84.0 cm³/mol. The van der Waals surface area contributed by atoms with Crippen LogP contribution in [-0.4, -0.2) is 23.7 Å². The first-order chi connectivity index (χ1) is 10.7. The van der Waals surface area contributed by atoms with Gasteiger partial charge in [-0.1, -0.05) is 0 Å². The monoisotopic (exact) mass is 304 g/mol. The van der Waals surface area contributed by atoms with E-state index in [2.05, 4.69) is 11.4 Å². The molecule has 4 nitrogen and oxygen atoms in total. The number of nitrogens with zero attached hydrogens (tertiary/aromatic N) is 1. The molecule has 1 saturated heterocycles. The fraction of sp³-hybridized carbons (Fsp3) is 0.889. The average molecular weight is 304 g/mol. The van der Waals surface area contributed by atoms with Crippen LogP contribution in [0.25, 0.3) is 0 Å². The van der Waals surface area contributed by atoms with Crippen molar-refractivity contribution >= 4 is 5.97 Å². The number of carboxylic acids is 1. The maximum Gasteiger partial charge on any atom is 0.320 e. The van der Waals surface area contributed by atoms with Crippen LogP contribution in [0.15, 0.2) is 0 Å². The van der Waals surface area contributed by atoms with Crippen molar-refractivity contribution in [1.82, 2.24) is 5.32 Å². The van der Waals surface area contributed by atoms with Crippen LogP contribution in [-0.2, 0) is 4.79 Å². The third-order valence-corrected chi connectivity index (χ3v) is 6.58. The molecule has 1 heterocycles. The van der Waals surface area contributed by atoms with Crippen LogP contribution in [0.2, 0.25) is 0 Å². The molecule has 122 valence electrons. The average Bonchev–Trinajstić information content (AvgIpc) is 3.05. The molecule has 22 heavy (non-hydrogen) atoms. The van der Waals surface area contributed by atoms with E-state index in [9.17, 15) is 9.90 Å². The van der Waals surface area contributed by atoms with E-state index in [4.69, 9.17) is 5.26 Å². The molecule has 1 unspecified atom stereocenters. The molecule has 2 aliphatic carbocycles. The minimum atomic E-state index is -0.667. The summed E-state index contributed by atoms with van der Waals surface area (Å²) in [5.74, 6) is 2.22.